The van der Waals surface area contributed by atoms with Crippen LogP contribution >= 0.6 is 11.5 Å². The molecule has 0 spiro atoms. The third kappa shape index (κ3) is 3.75. The summed E-state index contributed by atoms with van der Waals surface area (Å²) in [4.78, 5) is 26.9. The molecule has 1 aliphatic rings. The van der Waals surface area contributed by atoms with Gasteiger partial charge in [-0.05, 0) is 29.2 Å². The first-order valence-electron chi connectivity index (χ1n) is 8.79. The Morgan fingerprint density at radius 2 is 1.93 bits per heavy atom. The van der Waals surface area contributed by atoms with Crippen LogP contribution in [0.1, 0.15) is 32.2 Å². The summed E-state index contributed by atoms with van der Waals surface area (Å²) in [5.74, 6) is -0.210. The molecule has 0 atom stereocenters. The van der Waals surface area contributed by atoms with Crippen LogP contribution in [-0.2, 0) is 19.5 Å². The van der Waals surface area contributed by atoms with E-state index in [0.717, 1.165) is 11.3 Å². The van der Waals surface area contributed by atoms with E-state index in [0.29, 0.717) is 44.0 Å². The van der Waals surface area contributed by atoms with Gasteiger partial charge in [0.15, 0.2) is 5.69 Å². The Hall–Kier alpha value is -3.00. The summed E-state index contributed by atoms with van der Waals surface area (Å²) in [6, 6.07) is 13.6. The Balaban J connectivity index is 1.43. The van der Waals surface area contributed by atoms with E-state index in [9.17, 15) is 9.59 Å². The maximum atomic E-state index is 12.6. The maximum Gasteiger partial charge on any atom is 0.275 e. The number of amides is 2. The molecule has 0 unspecified atom stereocenters. The molecule has 1 N–H and O–H groups in total. The van der Waals surface area contributed by atoms with Gasteiger partial charge in [-0.2, -0.15) is 0 Å². The molecule has 2 aromatic heterocycles. The molecule has 0 saturated heterocycles. The van der Waals surface area contributed by atoms with Crippen molar-refractivity contribution in [3.63, 3.8) is 0 Å². The minimum Gasteiger partial charge on any atom is -0.347 e. The van der Waals surface area contributed by atoms with Crippen molar-refractivity contribution in [2.75, 3.05) is 13.1 Å². The molecule has 27 heavy (non-hydrogen) atoms. The van der Waals surface area contributed by atoms with Gasteiger partial charge in [0, 0.05) is 43.7 Å². The normalized spacial score (nSPS) is 13.7. The molecule has 3 heterocycles. The van der Waals surface area contributed by atoms with Crippen molar-refractivity contribution >= 4 is 23.3 Å². The molecule has 4 rings (SSSR count). The molecule has 8 heteroatoms. The van der Waals surface area contributed by atoms with Crippen molar-refractivity contribution in [3.8, 4) is 0 Å². The van der Waals surface area contributed by atoms with E-state index < -0.39 is 0 Å². The minimum absolute atomic E-state index is 0.103. The van der Waals surface area contributed by atoms with E-state index in [1.165, 1.54) is 11.5 Å². The van der Waals surface area contributed by atoms with E-state index in [1.807, 2.05) is 47.0 Å². The maximum absolute atomic E-state index is 12.6. The zero-order chi connectivity index (χ0) is 18.6. The van der Waals surface area contributed by atoms with Crippen LogP contribution < -0.4 is 5.32 Å². The first kappa shape index (κ1) is 17.4. The Kier molecular flexibility index (Phi) is 4.97. The third-order valence-corrected chi connectivity index (χ3v) is 5.20. The van der Waals surface area contributed by atoms with Gasteiger partial charge >= 0.3 is 0 Å². The number of benzene rings is 1. The summed E-state index contributed by atoms with van der Waals surface area (Å²) in [5, 5.41) is 8.50. The number of rotatable bonds is 4. The van der Waals surface area contributed by atoms with Crippen molar-refractivity contribution in [2.24, 2.45) is 0 Å². The van der Waals surface area contributed by atoms with Crippen LogP contribution in [0.5, 0.6) is 0 Å². The molecule has 0 saturated carbocycles. The van der Waals surface area contributed by atoms with Gasteiger partial charge in [0.05, 0.1) is 0 Å². The minimum atomic E-state index is -0.107. The number of nitrogens with zero attached hydrogens (tertiary/aromatic N) is 4. The molecule has 0 fully saturated rings. The Bertz CT molecular complexity index is 936. The van der Waals surface area contributed by atoms with Crippen LogP contribution in [0.25, 0.3) is 0 Å². The first-order chi connectivity index (χ1) is 13.2. The van der Waals surface area contributed by atoms with Gasteiger partial charge in [-0.3, -0.25) is 9.59 Å². The van der Waals surface area contributed by atoms with Crippen LogP contribution in [0.2, 0.25) is 0 Å². The summed E-state index contributed by atoms with van der Waals surface area (Å²) in [6.45, 7) is 2.21. The van der Waals surface area contributed by atoms with Gasteiger partial charge in [-0.1, -0.05) is 34.8 Å². The highest BCUT2D eigenvalue weighted by Crippen LogP contribution is 2.16. The monoisotopic (exact) mass is 381 g/mol. The molecular formula is C19H19N5O2S. The predicted octanol–water partition coefficient (Wildman–Crippen LogP) is 1.97. The van der Waals surface area contributed by atoms with Gasteiger partial charge in [0.2, 0.25) is 0 Å². The van der Waals surface area contributed by atoms with E-state index in [4.69, 9.17) is 0 Å². The van der Waals surface area contributed by atoms with Gasteiger partial charge < -0.3 is 14.8 Å². The highest BCUT2D eigenvalue weighted by molar-refractivity contribution is 7.03. The van der Waals surface area contributed by atoms with E-state index in [2.05, 4.69) is 14.9 Å². The SMILES string of the molecule is O=C(NCc1ccccc1)c1ccc2n1CCN(C(=O)c1csnn1)CC2. The largest absolute Gasteiger partial charge is 0.347 e. The lowest BCUT2D eigenvalue weighted by Gasteiger charge is -2.18. The average Bonchev–Trinajstić information content (AvgIpc) is 3.33. The molecular weight excluding hydrogens is 362 g/mol. The van der Waals surface area contributed by atoms with Crippen molar-refractivity contribution < 1.29 is 9.59 Å². The lowest BCUT2D eigenvalue weighted by molar-refractivity contribution is 0.0753. The lowest BCUT2D eigenvalue weighted by Crippen LogP contribution is -2.34. The fourth-order valence-corrected chi connectivity index (χ4v) is 3.69. The molecule has 7 nitrogen and oxygen atoms in total. The number of hydrogen-bond acceptors (Lipinski definition) is 5. The van der Waals surface area contributed by atoms with Gasteiger partial charge in [0.25, 0.3) is 11.8 Å². The zero-order valence-corrected chi connectivity index (χ0v) is 15.5. The second kappa shape index (κ2) is 7.71. The molecule has 0 radical (unpaired) electrons. The number of aromatic nitrogens is 3. The van der Waals surface area contributed by atoms with Gasteiger partial charge in [0.1, 0.15) is 5.69 Å². The Morgan fingerprint density at radius 1 is 1.07 bits per heavy atom. The lowest BCUT2D eigenvalue weighted by atomic mass is 10.2. The average molecular weight is 381 g/mol. The summed E-state index contributed by atoms with van der Waals surface area (Å²) in [5.41, 5.74) is 3.13. The Labute approximate surface area is 160 Å². The van der Waals surface area contributed by atoms with Gasteiger partial charge in [-0.25, -0.2) is 0 Å². The van der Waals surface area contributed by atoms with E-state index in [1.54, 1.807) is 10.3 Å². The fourth-order valence-electron chi connectivity index (χ4n) is 3.26. The molecule has 2 amide bonds. The highest BCUT2D eigenvalue weighted by atomic mass is 32.1. The topological polar surface area (TPSA) is 80.1 Å². The van der Waals surface area contributed by atoms with Crippen molar-refractivity contribution in [3.05, 3.63) is 70.5 Å². The zero-order valence-electron chi connectivity index (χ0n) is 14.7. The predicted molar refractivity (Wildman–Crippen MR) is 102 cm³/mol. The summed E-state index contributed by atoms with van der Waals surface area (Å²) >= 11 is 1.17. The highest BCUT2D eigenvalue weighted by Gasteiger charge is 2.23. The molecule has 3 aromatic rings. The molecule has 0 aliphatic carbocycles. The summed E-state index contributed by atoms with van der Waals surface area (Å²) in [7, 11) is 0. The number of carbonyl (C=O) groups is 2. The van der Waals surface area contributed by atoms with E-state index in [-0.39, 0.29) is 11.8 Å². The smallest absolute Gasteiger partial charge is 0.275 e. The third-order valence-electron chi connectivity index (χ3n) is 4.70. The summed E-state index contributed by atoms with van der Waals surface area (Å²) < 4.78 is 5.77. The van der Waals surface area contributed by atoms with Crippen LogP contribution in [-0.4, -0.2) is 44.0 Å². The van der Waals surface area contributed by atoms with Crippen LogP contribution in [0, 0.1) is 0 Å². The second-order valence-electron chi connectivity index (χ2n) is 6.36. The van der Waals surface area contributed by atoms with Crippen molar-refractivity contribution in [1.82, 2.24) is 24.4 Å². The standard InChI is InChI=1S/C19H19N5O2S/c25-18(20-12-14-4-2-1-3-5-14)17-7-6-15-8-9-23(10-11-24(15)17)19(26)16-13-27-22-21-16/h1-7,13H,8-12H2,(H,20,25). The molecule has 1 aliphatic heterocycles. The first-order valence-corrected chi connectivity index (χ1v) is 9.63. The van der Waals surface area contributed by atoms with E-state index >= 15 is 0 Å². The molecule has 1 aromatic carbocycles. The molecule has 0 bridgehead atoms. The summed E-state index contributed by atoms with van der Waals surface area (Å²) in [6.07, 6.45) is 0.704. The van der Waals surface area contributed by atoms with Crippen LogP contribution in [0.3, 0.4) is 0 Å². The number of hydrogen-bond donors (Lipinski definition) is 1. The van der Waals surface area contributed by atoms with Crippen LogP contribution in [0.15, 0.2) is 47.8 Å². The molecule has 138 valence electrons. The number of fused-ring (bicyclic) bond motifs is 1. The number of nitrogens with one attached hydrogen (secondary N) is 1. The fraction of sp³-hybridized carbons (Fsp3) is 0.263. The van der Waals surface area contributed by atoms with Crippen LogP contribution in [0.4, 0.5) is 0 Å². The quantitative estimate of drug-likeness (QED) is 0.749. The van der Waals surface area contributed by atoms with Gasteiger partial charge in [-0.15, -0.1) is 5.10 Å². The van der Waals surface area contributed by atoms with Crippen molar-refractivity contribution in [2.45, 2.75) is 19.5 Å². The number of carbonyl (C=O) groups excluding carboxylic acids is 2. The van der Waals surface area contributed by atoms with Crippen molar-refractivity contribution in [1.29, 1.82) is 0 Å². The Morgan fingerprint density at radius 3 is 2.70 bits per heavy atom. The second-order valence-corrected chi connectivity index (χ2v) is 6.97.